The lowest BCUT2D eigenvalue weighted by molar-refractivity contribution is -0.130. The van der Waals surface area contributed by atoms with Crippen molar-refractivity contribution in [2.75, 3.05) is 52.5 Å². The van der Waals surface area contributed by atoms with Crippen LogP contribution in [0.15, 0.2) is 24.3 Å². The summed E-state index contributed by atoms with van der Waals surface area (Å²) in [5.74, 6) is 0.270. The van der Waals surface area contributed by atoms with E-state index in [1.165, 1.54) is 12.1 Å². The molecule has 2 fully saturated rings. The number of likely N-dealkylation sites (tertiary alicyclic amines) is 1. The Kier molecular flexibility index (Phi) is 6.39. The van der Waals surface area contributed by atoms with E-state index in [4.69, 9.17) is 4.74 Å². The molecule has 2 saturated heterocycles. The molecule has 0 aliphatic carbocycles. The second kappa shape index (κ2) is 8.74. The number of aliphatic hydroxyl groups excluding tert-OH is 1. The van der Waals surface area contributed by atoms with Crippen LogP contribution in [0.5, 0.6) is 0 Å². The molecular weight excluding hydrogens is 323 g/mol. The molecule has 2 aliphatic heterocycles. The van der Waals surface area contributed by atoms with Gasteiger partial charge in [0.05, 0.1) is 13.2 Å². The molecule has 0 aromatic heterocycles. The third kappa shape index (κ3) is 5.00. The number of carbonyl (C=O) groups is 1. The maximum absolute atomic E-state index is 13.2. The Bertz CT molecular complexity index is 578. The molecule has 0 spiro atoms. The highest BCUT2D eigenvalue weighted by Crippen LogP contribution is 2.25. The van der Waals surface area contributed by atoms with Crippen LogP contribution in [0.2, 0.25) is 0 Å². The Labute approximate surface area is 148 Å². The number of hydrogen-bond donors (Lipinski definition) is 1. The van der Waals surface area contributed by atoms with Crippen molar-refractivity contribution in [3.05, 3.63) is 35.6 Å². The first kappa shape index (κ1) is 18.3. The Hall–Kier alpha value is -1.50. The predicted molar refractivity (Wildman–Crippen MR) is 92.6 cm³/mol. The summed E-state index contributed by atoms with van der Waals surface area (Å²) < 4.78 is 18.6. The van der Waals surface area contributed by atoms with Crippen LogP contribution in [-0.4, -0.2) is 73.4 Å². The summed E-state index contributed by atoms with van der Waals surface area (Å²) >= 11 is 0. The van der Waals surface area contributed by atoms with Gasteiger partial charge in [-0.05, 0) is 30.0 Å². The summed E-state index contributed by atoms with van der Waals surface area (Å²) in [6.07, 6.45) is 0.927. The molecule has 2 aliphatic rings. The number of aryl methyl sites for hydroxylation is 1. The van der Waals surface area contributed by atoms with Crippen molar-refractivity contribution in [2.45, 2.75) is 12.8 Å². The Morgan fingerprint density at radius 2 is 2.00 bits per heavy atom. The highest BCUT2D eigenvalue weighted by atomic mass is 19.1. The molecule has 5 nitrogen and oxygen atoms in total. The van der Waals surface area contributed by atoms with E-state index in [2.05, 4.69) is 4.90 Å². The maximum Gasteiger partial charge on any atom is 0.222 e. The van der Waals surface area contributed by atoms with Crippen LogP contribution in [0.1, 0.15) is 12.0 Å². The van der Waals surface area contributed by atoms with Crippen molar-refractivity contribution >= 4 is 5.91 Å². The fourth-order valence-electron chi connectivity index (χ4n) is 3.77. The molecule has 138 valence electrons. The average Bonchev–Trinajstić information content (AvgIpc) is 3.03. The van der Waals surface area contributed by atoms with E-state index in [-0.39, 0.29) is 24.2 Å². The van der Waals surface area contributed by atoms with E-state index < -0.39 is 0 Å². The lowest BCUT2D eigenvalue weighted by atomic mass is 9.96. The molecule has 0 radical (unpaired) electrons. The van der Waals surface area contributed by atoms with Crippen molar-refractivity contribution in [2.24, 2.45) is 11.8 Å². The summed E-state index contributed by atoms with van der Waals surface area (Å²) in [4.78, 5) is 16.7. The van der Waals surface area contributed by atoms with E-state index in [9.17, 15) is 14.3 Å². The monoisotopic (exact) mass is 350 g/mol. The predicted octanol–water partition coefficient (Wildman–Crippen LogP) is 1.16. The fraction of sp³-hybridized carbons (Fsp3) is 0.632. The van der Waals surface area contributed by atoms with Gasteiger partial charge in [-0.1, -0.05) is 12.1 Å². The zero-order valence-electron chi connectivity index (χ0n) is 14.6. The number of amides is 1. The number of morpholine rings is 1. The van der Waals surface area contributed by atoms with E-state index >= 15 is 0 Å². The summed E-state index contributed by atoms with van der Waals surface area (Å²) in [6.45, 7) is 5.69. The maximum atomic E-state index is 13.2. The standard InChI is InChI=1S/C19H27FN2O3/c20-18-3-1-2-15(10-18)4-5-19(24)22-12-16(17(13-22)14-23)11-21-6-8-25-9-7-21/h1-3,10,16-17,23H,4-9,11-14H2/t16-,17-/m1/s1. The smallest absolute Gasteiger partial charge is 0.222 e. The molecule has 25 heavy (non-hydrogen) atoms. The second-order valence-corrected chi connectivity index (χ2v) is 7.04. The summed E-state index contributed by atoms with van der Waals surface area (Å²) in [5.41, 5.74) is 0.844. The lowest BCUT2D eigenvalue weighted by Crippen LogP contribution is -2.41. The van der Waals surface area contributed by atoms with Crippen LogP contribution in [-0.2, 0) is 16.0 Å². The topological polar surface area (TPSA) is 53.0 Å². The van der Waals surface area contributed by atoms with E-state index in [1.807, 2.05) is 11.0 Å². The first-order chi connectivity index (χ1) is 12.2. The molecule has 1 amide bonds. The van der Waals surface area contributed by atoms with Gasteiger partial charge in [0.25, 0.3) is 0 Å². The van der Waals surface area contributed by atoms with Gasteiger partial charge >= 0.3 is 0 Å². The van der Waals surface area contributed by atoms with Gasteiger partial charge in [-0.15, -0.1) is 0 Å². The van der Waals surface area contributed by atoms with Gasteiger partial charge in [0.15, 0.2) is 0 Å². The zero-order valence-corrected chi connectivity index (χ0v) is 14.6. The molecule has 1 aromatic carbocycles. The SMILES string of the molecule is O=C(CCc1cccc(F)c1)N1C[C@@H](CN2CCOCC2)[C@@H](CO)C1. The fourth-order valence-corrected chi connectivity index (χ4v) is 3.77. The minimum atomic E-state index is -0.267. The molecule has 2 atom stereocenters. The highest BCUT2D eigenvalue weighted by molar-refractivity contribution is 5.76. The zero-order chi connectivity index (χ0) is 17.6. The van der Waals surface area contributed by atoms with Gasteiger partial charge in [0, 0.05) is 51.7 Å². The molecule has 0 unspecified atom stereocenters. The number of carbonyl (C=O) groups excluding carboxylic acids is 1. The first-order valence-electron chi connectivity index (χ1n) is 9.09. The van der Waals surface area contributed by atoms with Gasteiger partial charge < -0.3 is 14.7 Å². The summed E-state index contributed by atoms with van der Waals surface area (Å²) in [7, 11) is 0. The average molecular weight is 350 g/mol. The number of benzene rings is 1. The van der Waals surface area contributed by atoms with E-state index in [0.29, 0.717) is 31.8 Å². The van der Waals surface area contributed by atoms with Crippen LogP contribution >= 0.6 is 0 Å². The third-order valence-electron chi connectivity index (χ3n) is 5.28. The van der Waals surface area contributed by atoms with E-state index in [0.717, 1.165) is 38.4 Å². The Morgan fingerprint density at radius 3 is 2.72 bits per heavy atom. The molecular formula is C19H27FN2O3. The number of rotatable bonds is 6. The Balaban J connectivity index is 1.50. The molecule has 1 N–H and O–H groups in total. The van der Waals surface area contributed by atoms with Gasteiger partial charge in [-0.3, -0.25) is 9.69 Å². The van der Waals surface area contributed by atoms with Gasteiger partial charge in [-0.25, -0.2) is 4.39 Å². The molecule has 6 heteroatoms. The molecule has 0 bridgehead atoms. The van der Waals surface area contributed by atoms with Crippen molar-refractivity contribution in [1.82, 2.24) is 9.80 Å². The third-order valence-corrected chi connectivity index (χ3v) is 5.28. The summed E-state index contributed by atoms with van der Waals surface area (Å²) in [6, 6.07) is 6.41. The van der Waals surface area contributed by atoms with Gasteiger partial charge in [-0.2, -0.15) is 0 Å². The lowest BCUT2D eigenvalue weighted by Gasteiger charge is -2.30. The largest absolute Gasteiger partial charge is 0.396 e. The van der Waals surface area contributed by atoms with Crippen molar-refractivity contribution in [3.8, 4) is 0 Å². The number of halogens is 1. The molecule has 2 heterocycles. The molecule has 3 rings (SSSR count). The van der Waals surface area contributed by atoms with Gasteiger partial charge in [0.1, 0.15) is 5.82 Å². The minimum absolute atomic E-state index is 0.0900. The minimum Gasteiger partial charge on any atom is -0.396 e. The van der Waals surface area contributed by atoms with Crippen molar-refractivity contribution < 1.29 is 19.0 Å². The number of ether oxygens (including phenoxy) is 1. The van der Waals surface area contributed by atoms with E-state index in [1.54, 1.807) is 6.07 Å². The van der Waals surface area contributed by atoms with Crippen LogP contribution in [0.4, 0.5) is 4.39 Å². The normalized spacial score (nSPS) is 24.6. The van der Waals surface area contributed by atoms with Crippen molar-refractivity contribution in [1.29, 1.82) is 0 Å². The highest BCUT2D eigenvalue weighted by Gasteiger charge is 2.35. The quantitative estimate of drug-likeness (QED) is 0.837. The number of hydrogen-bond acceptors (Lipinski definition) is 4. The Morgan fingerprint density at radius 1 is 1.24 bits per heavy atom. The van der Waals surface area contributed by atoms with Gasteiger partial charge in [0.2, 0.25) is 5.91 Å². The first-order valence-corrected chi connectivity index (χ1v) is 9.09. The van der Waals surface area contributed by atoms with Crippen LogP contribution in [0.3, 0.4) is 0 Å². The van der Waals surface area contributed by atoms with Crippen LogP contribution < -0.4 is 0 Å². The second-order valence-electron chi connectivity index (χ2n) is 7.04. The number of nitrogens with zero attached hydrogens (tertiary/aromatic N) is 2. The van der Waals surface area contributed by atoms with Crippen LogP contribution in [0, 0.1) is 17.7 Å². The number of aliphatic hydroxyl groups is 1. The molecule has 0 saturated carbocycles. The van der Waals surface area contributed by atoms with Crippen molar-refractivity contribution in [3.63, 3.8) is 0 Å². The molecule has 1 aromatic rings. The van der Waals surface area contributed by atoms with Crippen LogP contribution in [0.25, 0.3) is 0 Å². The summed E-state index contributed by atoms with van der Waals surface area (Å²) in [5, 5.41) is 9.68.